The summed E-state index contributed by atoms with van der Waals surface area (Å²) in [6.45, 7) is 0.600. The van der Waals surface area contributed by atoms with Gasteiger partial charge in [0.15, 0.2) is 0 Å². The molecular weight excluding hydrogens is 295 g/mol. The summed E-state index contributed by atoms with van der Waals surface area (Å²) in [6, 6.07) is 3.88. The van der Waals surface area contributed by atoms with Crippen LogP contribution in [0.2, 0.25) is 0 Å². The van der Waals surface area contributed by atoms with Gasteiger partial charge in [0.05, 0.1) is 12.7 Å². The smallest absolute Gasteiger partial charge is 0.243 e. The van der Waals surface area contributed by atoms with Crippen molar-refractivity contribution >= 4 is 10.0 Å². The van der Waals surface area contributed by atoms with Crippen molar-refractivity contribution in [3.63, 3.8) is 0 Å². The van der Waals surface area contributed by atoms with Crippen LogP contribution < -0.4 is 10.5 Å². The average molecular weight is 316 g/mol. The number of hydrogen-bond acceptors (Lipinski definition) is 4. The number of benzene rings is 1. The predicted octanol–water partition coefficient (Wildman–Crippen LogP) is 1.52. The van der Waals surface area contributed by atoms with E-state index in [4.69, 9.17) is 10.5 Å². The number of halogens is 1. The SMILES string of the molecule is NCc1ccc(S(=O)(=O)NCCOC2CCCC2)c(F)c1. The standard InChI is InChI=1S/C14H21FN2O3S/c15-13-9-11(10-16)5-6-14(13)21(18,19)17-7-8-20-12-3-1-2-4-12/h5-6,9,12,17H,1-4,7-8,10,16H2. The highest BCUT2D eigenvalue weighted by atomic mass is 32.2. The van der Waals surface area contributed by atoms with Gasteiger partial charge in [0.2, 0.25) is 10.0 Å². The first-order chi connectivity index (χ1) is 10.0. The first-order valence-electron chi connectivity index (χ1n) is 7.12. The third-order valence-electron chi connectivity index (χ3n) is 3.57. The van der Waals surface area contributed by atoms with Crippen molar-refractivity contribution in [3.05, 3.63) is 29.6 Å². The van der Waals surface area contributed by atoms with E-state index in [9.17, 15) is 12.8 Å². The molecule has 5 nitrogen and oxygen atoms in total. The second kappa shape index (κ2) is 7.31. The van der Waals surface area contributed by atoms with Crippen LogP contribution in [0, 0.1) is 5.82 Å². The van der Waals surface area contributed by atoms with Gasteiger partial charge in [-0.2, -0.15) is 0 Å². The molecule has 0 radical (unpaired) electrons. The van der Waals surface area contributed by atoms with Crippen LogP contribution in [0.3, 0.4) is 0 Å². The van der Waals surface area contributed by atoms with Crippen LogP contribution in [0.25, 0.3) is 0 Å². The van der Waals surface area contributed by atoms with Gasteiger partial charge in [-0.25, -0.2) is 17.5 Å². The zero-order valence-electron chi connectivity index (χ0n) is 11.8. The van der Waals surface area contributed by atoms with Crippen LogP contribution in [0.4, 0.5) is 4.39 Å². The molecule has 0 bridgehead atoms. The maximum atomic E-state index is 13.8. The maximum absolute atomic E-state index is 13.8. The first kappa shape index (κ1) is 16.4. The van der Waals surface area contributed by atoms with Crippen molar-refractivity contribution in [1.82, 2.24) is 4.72 Å². The first-order valence-corrected chi connectivity index (χ1v) is 8.61. The lowest BCUT2D eigenvalue weighted by Gasteiger charge is -2.12. The minimum atomic E-state index is -3.86. The van der Waals surface area contributed by atoms with Crippen molar-refractivity contribution in [2.75, 3.05) is 13.2 Å². The van der Waals surface area contributed by atoms with Gasteiger partial charge >= 0.3 is 0 Å². The highest BCUT2D eigenvalue weighted by molar-refractivity contribution is 7.89. The predicted molar refractivity (Wildman–Crippen MR) is 77.7 cm³/mol. The molecule has 3 N–H and O–H groups in total. The molecule has 0 amide bonds. The number of nitrogens with one attached hydrogen (secondary N) is 1. The summed E-state index contributed by atoms with van der Waals surface area (Å²) in [4.78, 5) is -0.361. The fraction of sp³-hybridized carbons (Fsp3) is 0.571. The molecule has 2 rings (SSSR count). The second-order valence-corrected chi connectivity index (χ2v) is 6.88. The molecule has 118 valence electrons. The zero-order valence-corrected chi connectivity index (χ0v) is 12.7. The molecule has 7 heteroatoms. The van der Waals surface area contributed by atoms with Gasteiger partial charge < -0.3 is 10.5 Å². The number of rotatable bonds is 7. The molecule has 0 heterocycles. The minimum absolute atomic E-state index is 0.136. The molecule has 0 aliphatic heterocycles. The molecule has 0 aromatic heterocycles. The average Bonchev–Trinajstić information content (AvgIpc) is 2.96. The molecule has 0 spiro atoms. The van der Waals surface area contributed by atoms with Crippen LogP contribution >= 0.6 is 0 Å². The molecule has 1 fully saturated rings. The van der Waals surface area contributed by atoms with Crippen LogP contribution in [0.5, 0.6) is 0 Å². The Morgan fingerprint density at radius 1 is 1.33 bits per heavy atom. The lowest BCUT2D eigenvalue weighted by molar-refractivity contribution is 0.0626. The van der Waals surface area contributed by atoms with E-state index in [1.165, 1.54) is 12.1 Å². The summed E-state index contributed by atoms with van der Waals surface area (Å²) in [5.74, 6) is -0.790. The highest BCUT2D eigenvalue weighted by Crippen LogP contribution is 2.20. The van der Waals surface area contributed by atoms with Crippen LogP contribution in [0.15, 0.2) is 23.1 Å². The summed E-state index contributed by atoms with van der Waals surface area (Å²) in [6.07, 6.45) is 4.61. The number of hydrogen-bond donors (Lipinski definition) is 2. The van der Waals surface area contributed by atoms with E-state index >= 15 is 0 Å². The van der Waals surface area contributed by atoms with Crippen molar-refractivity contribution in [2.45, 2.75) is 43.2 Å². The van der Waals surface area contributed by atoms with Gasteiger partial charge in [-0.1, -0.05) is 18.9 Å². The van der Waals surface area contributed by atoms with Crippen molar-refractivity contribution in [2.24, 2.45) is 5.73 Å². The van der Waals surface area contributed by atoms with E-state index in [-0.39, 0.29) is 24.1 Å². The molecule has 21 heavy (non-hydrogen) atoms. The fourth-order valence-corrected chi connectivity index (χ4v) is 3.49. The molecule has 1 aliphatic carbocycles. The van der Waals surface area contributed by atoms with Gasteiger partial charge in [-0.3, -0.25) is 0 Å². The summed E-state index contributed by atoms with van der Waals surface area (Å²) in [5, 5.41) is 0. The van der Waals surface area contributed by atoms with Crippen molar-refractivity contribution in [1.29, 1.82) is 0 Å². The van der Waals surface area contributed by atoms with E-state index in [1.807, 2.05) is 0 Å². The van der Waals surface area contributed by atoms with E-state index in [1.54, 1.807) is 0 Å². The van der Waals surface area contributed by atoms with Crippen molar-refractivity contribution in [3.8, 4) is 0 Å². The Kier molecular flexibility index (Phi) is 5.69. The Morgan fingerprint density at radius 3 is 2.67 bits per heavy atom. The molecular formula is C14H21FN2O3S. The fourth-order valence-electron chi connectivity index (χ4n) is 2.42. The summed E-state index contributed by atoms with van der Waals surface area (Å²) in [5.41, 5.74) is 5.94. The Hall–Kier alpha value is -1.02. The zero-order chi connectivity index (χ0) is 15.3. The Morgan fingerprint density at radius 2 is 2.05 bits per heavy atom. The Bertz CT molecular complexity index is 572. The van der Waals surface area contributed by atoms with Crippen LogP contribution in [-0.2, 0) is 21.3 Å². The third kappa shape index (κ3) is 4.47. The molecule has 0 saturated heterocycles. The molecule has 0 unspecified atom stereocenters. The van der Waals surface area contributed by atoms with E-state index in [0.717, 1.165) is 31.7 Å². The van der Waals surface area contributed by atoms with Gasteiger partial charge in [-0.05, 0) is 30.5 Å². The van der Waals surface area contributed by atoms with Crippen LogP contribution in [0.1, 0.15) is 31.2 Å². The summed E-state index contributed by atoms with van der Waals surface area (Å²) in [7, 11) is -3.86. The van der Waals surface area contributed by atoms with Gasteiger partial charge in [0.1, 0.15) is 10.7 Å². The largest absolute Gasteiger partial charge is 0.377 e. The minimum Gasteiger partial charge on any atom is -0.377 e. The lowest BCUT2D eigenvalue weighted by Crippen LogP contribution is -2.29. The molecule has 1 aromatic carbocycles. The maximum Gasteiger partial charge on any atom is 0.243 e. The molecule has 1 saturated carbocycles. The van der Waals surface area contributed by atoms with Gasteiger partial charge in [0.25, 0.3) is 0 Å². The monoisotopic (exact) mass is 316 g/mol. The van der Waals surface area contributed by atoms with Gasteiger partial charge in [-0.15, -0.1) is 0 Å². The molecule has 1 aliphatic rings. The second-order valence-electron chi connectivity index (χ2n) is 5.14. The summed E-state index contributed by atoms with van der Waals surface area (Å²) < 4.78 is 45.7. The van der Waals surface area contributed by atoms with E-state index < -0.39 is 15.8 Å². The Balaban J connectivity index is 1.88. The topological polar surface area (TPSA) is 81.4 Å². The van der Waals surface area contributed by atoms with E-state index in [0.29, 0.717) is 12.2 Å². The van der Waals surface area contributed by atoms with Crippen molar-refractivity contribution < 1.29 is 17.5 Å². The number of nitrogens with two attached hydrogens (primary N) is 1. The number of sulfonamides is 1. The lowest BCUT2D eigenvalue weighted by atomic mass is 10.2. The highest BCUT2D eigenvalue weighted by Gasteiger charge is 2.19. The van der Waals surface area contributed by atoms with Crippen LogP contribution in [-0.4, -0.2) is 27.7 Å². The summed E-state index contributed by atoms with van der Waals surface area (Å²) >= 11 is 0. The van der Waals surface area contributed by atoms with E-state index in [2.05, 4.69) is 4.72 Å². The number of ether oxygens (including phenoxy) is 1. The third-order valence-corrected chi connectivity index (χ3v) is 5.07. The quantitative estimate of drug-likeness (QED) is 0.747. The Labute approximate surface area is 124 Å². The molecule has 1 aromatic rings. The molecule has 0 atom stereocenters. The van der Waals surface area contributed by atoms with Gasteiger partial charge in [0, 0.05) is 13.1 Å². The normalized spacial score (nSPS) is 16.5.